The molecule has 0 aromatic heterocycles. The van der Waals surface area contributed by atoms with E-state index in [1.165, 1.54) is 5.56 Å². The number of hydrogen-bond donors (Lipinski definition) is 2. The number of likely N-dealkylation sites (tertiary alicyclic amines) is 1. The van der Waals surface area contributed by atoms with Crippen LogP contribution in [0.1, 0.15) is 56.2 Å². The van der Waals surface area contributed by atoms with E-state index in [1.54, 1.807) is 12.0 Å². The van der Waals surface area contributed by atoms with Gasteiger partial charge in [-0.2, -0.15) is 0 Å². The van der Waals surface area contributed by atoms with Crippen molar-refractivity contribution in [1.29, 1.82) is 0 Å². The van der Waals surface area contributed by atoms with Gasteiger partial charge in [0.1, 0.15) is 23.9 Å². The first-order chi connectivity index (χ1) is 22.7. The van der Waals surface area contributed by atoms with Gasteiger partial charge in [-0.25, -0.2) is 0 Å². The van der Waals surface area contributed by atoms with Crippen LogP contribution in [0.2, 0.25) is 0 Å². The van der Waals surface area contributed by atoms with Crippen molar-refractivity contribution in [3.63, 3.8) is 0 Å². The van der Waals surface area contributed by atoms with Gasteiger partial charge in [-0.3, -0.25) is 4.79 Å². The number of piperidine rings is 1. The third-order valence-corrected chi connectivity index (χ3v) is 9.03. The normalized spacial score (nSPS) is 20.1. The molecule has 3 aromatic rings. The Balaban J connectivity index is 1.34. The molecule has 4 atom stereocenters. The quantitative estimate of drug-likeness (QED) is 0.221. The standard InChI is InChI=1S/C38H51N3O6/c1-5-27-7-12-30(13-8-27)47-31-14-10-29(11-15-31)37-34(42)23-41(38(43)32(39)21-26(2)3)24-36(37)46-25-28-9-16-35-33(22-28)40(18-20-45-35)17-6-19-44-4/h7-16,22,26,32,34,36-37,42H,5-6,17-21,23-25,39H2,1-4H3/t32?,34-,36+,37+/m1/s1. The predicted molar refractivity (Wildman–Crippen MR) is 184 cm³/mol. The van der Waals surface area contributed by atoms with E-state index < -0.39 is 18.2 Å². The third-order valence-electron chi connectivity index (χ3n) is 9.03. The van der Waals surface area contributed by atoms with Crippen LogP contribution in [0.4, 0.5) is 5.69 Å². The highest BCUT2D eigenvalue weighted by Crippen LogP contribution is 2.36. The van der Waals surface area contributed by atoms with E-state index in [-0.39, 0.29) is 24.3 Å². The van der Waals surface area contributed by atoms with E-state index >= 15 is 0 Å². The van der Waals surface area contributed by atoms with E-state index in [1.807, 2.05) is 48.5 Å². The Hall–Kier alpha value is -3.63. The summed E-state index contributed by atoms with van der Waals surface area (Å²) < 4.78 is 23.9. The highest BCUT2D eigenvalue weighted by Gasteiger charge is 2.40. The summed E-state index contributed by atoms with van der Waals surface area (Å²) in [5, 5.41) is 11.5. The molecule has 2 aliphatic rings. The summed E-state index contributed by atoms with van der Waals surface area (Å²) in [7, 11) is 1.72. The molecule has 47 heavy (non-hydrogen) atoms. The lowest BCUT2D eigenvalue weighted by Gasteiger charge is -2.42. The second-order valence-electron chi connectivity index (χ2n) is 13.1. The number of β-amino-alcohol motifs (C(OH)–C–C–N with tert-alkyl or cyclic N) is 1. The third kappa shape index (κ3) is 9.05. The summed E-state index contributed by atoms with van der Waals surface area (Å²) in [5.41, 5.74) is 10.5. The van der Waals surface area contributed by atoms with Crippen LogP contribution < -0.4 is 20.1 Å². The number of carbonyl (C=O) groups is 1. The van der Waals surface area contributed by atoms with Crippen LogP contribution in [0.3, 0.4) is 0 Å². The number of hydrogen-bond acceptors (Lipinski definition) is 8. The van der Waals surface area contributed by atoms with Crippen molar-refractivity contribution in [2.45, 2.75) is 70.8 Å². The molecule has 0 aliphatic carbocycles. The summed E-state index contributed by atoms with van der Waals surface area (Å²) in [5.74, 6) is 2.14. The number of ether oxygens (including phenoxy) is 4. The number of carbonyl (C=O) groups excluding carboxylic acids is 1. The zero-order chi connectivity index (χ0) is 33.3. The average molecular weight is 646 g/mol. The number of benzene rings is 3. The summed E-state index contributed by atoms with van der Waals surface area (Å²) in [4.78, 5) is 17.4. The van der Waals surface area contributed by atoms with Crippen LogP contribution in [0.15, 0.2) is 66.7 Å². The first kappa shape index (κ1) is 34.7. The van der Waals surface area contributed by atoms with E-state index in [9.17, 15) is 9.90 Å². The number of methoxy groups -OCH3 is 1. The lowest BCUT2D eigenvalue weighted by molar-refractivity contribution is -0.143. The van der Waals surface area contributed by atoms with Gasteiger partial charge in [-0.05, 0) is 78.3 Å². The fraction of sp³-hybridized carbons (Fsp3) is 0.500. The van der Waals surface area contributed by atoms with Gasteiger partial charge in [0.2, 0.25) is 5.91 Å². The summed E-state index contributed by atoms with van der Waals surface area (Å²) in [6.45, 7) is 10.1. The zero-order valence-corrected chi connectivity index (χ0v) is 28.3. The van der Waals surface area contributed by atoms with Crippen LogP contribution in [-0.4, -0.2) is 80.7 Å². The van der Waals surface area contributed by atoms with Crippen LogP contribution >= 0.6 is 0 Å². The number of nitrogens with zero attached hydrogens (tertiary/aromatic N) is 2. The number of aliphatic hydroxyl groups excluding tert-OH is 1. The van der Waals surface area contributed by atoms with Crippen molar-refractivity contribution in [3.05, 3.63) is 83.4 Å². The van der Waals surface area contributed by atoms with Crippen molar-refractivity contribution < 1.29 is 28.8 Å². The number of amides is 1. The minimum atomic E-state index is -0.828. The highest BCUT2D eigenvalue weighted by atomic mass is 16.5. The molecule has 1 saturated heterocycles. The SMILES string of the molecule is CCc1ccc(Oc2ccc([C@H]3[C@H](O)CN(C(=O)C(N)CC(C)C)C[C@@H]3OCc3ccc4c(c3)N(CCCOC)CCO4)cc2)cc1. The molecule has 1 unspecified atom stereocenters. The van der Waals surface area contributed by atoms with Gasteiger partial charge in [0.05, 0.1) is 37.1 Å². The van der Waals surface area contributed by atoms with Gasteiger partial charge in [0, 0.05) is 39.3 Å². The molecule has 0 bridgehead atoms. The fourth-order valence-corrected chi connectivity index (χ4v) is 6.54. The number of rotatable bonds is 14. The van der Waals surface area contributed by atoms with Gasteiger partial charge in [0.25, 0.3) is 0 Å². The van der Waals surface area contributed by atoms with Crippen molar-refractivity contribution in [3.8, 4) is 17.2 Å². The molecule has 1 fully saturated rings. The maximum Gasteiger partial charge on any atom is 0.239 e. The Labute approximate surface area is 279 Å². The first-order valence-corrected chi connectivity index (χ1v) is 17.0. The second-order valence-corrected chi connectivity index (χ2v) is 13.1. The molecule has 9 heteroatoms. The molecule has 0 radical (unpaired) electrons. The predicted octanol–water partition coefficient (Wildman–Crippen LogP) is 5.52. The van der Waals surface area contributed by atoms with Crippen LogP contribution in [0, 0.1) is 5.92 Å². The van der Waals surface area contributed by atoms with Crippen molar-refractivity contribution >= 4 is 11.6 Å². The Kier molecular flexibility index (Phi) is 12.2. The molecule has 3 aromatic carbocycles. The minimum absolute atomic E-state index is 0.153. The first-order valence-electron chi connectivity index (χ1n) is 17.0. The molecule has 5 rings (SSSR count). The fourth-order valence-electron chi connectivity index (χ4n) is 6.54. The minimum Gasteiger partial charge on any atom is -0.490 e. The molecule has 254 valence electrons. The highest BCUT2D eigenvalue weighted by molar-refractivity contribution is 5.82. The monoisotopic (exact) mass is 645 g/mol. The Morgan fingerprint density at radius 3 is 2.40 bits per heavy atom. The Bertz CT molecular complexity index is 1430. The topological polar surface area (TPSA) is 107 Å². The largest absolute Gasteiger partial charge is 0.490 e. The molecule has 9 nitrogen and oxygen atoms in total. The van der Waals surface area contributed by atoms with Gasteiger partial charge in [-0.1, -0.05) is 51.1 Å². The molecule has 3 N–H and O–H groups in total. The van der Waals surface area contributed by atoms with Crippen molar-refractivity contribution in [2.24, 2.45) is 11.7 Å². The maximum absolute atomic E-state index is 13.4. The zero-order valence-electron chi connectivity index (χ0n) is 28.3. The van der Waals surface area contributed by atoms with Crippen molar-refractivity contribution in [1.82, 2.24) is 4.90 Å². The number of aryl methyl sites for hydroxylation is 1. The van der Waals surface area contributed by atoms with E-state index in [0.29, 0.717) is 38.5 Å². The Morgan fingerprint density at radius 1 is 1.02 bits per heavy atom. The second kappa shape index (κ2) is 16.5. The van der Waals surface area contributed by atoms with Crippen molar-refractivity contribution in [2.75, 3.05) is 51.4 Å². The van der Waals surface area contributed by atoms with E-state index in [0.717, 1.165) is 54.2 Å². The van der Waals surface area contributed by atoms with Gasteiger partial charge in [-0.15, -0.1) is 0 Å². The van der Waals surface area contributed by atoms with Crippen LogP contribution in [0.5, 0.6) is 17.2 Å². The average Bonchev–Trinajstić information content (AvgIpc) is 3.07. The molecule has 2 heterocycles. The molecule has 0 saturated carbocycles. The van der Waals surface area contributed by atoms with Crippen LogP contribution in [-0.2, 0) is 27.3 Å². The number of anilines is 1. The van der Waals surface area contributed by atoms with Gasteiger partial charge in [0.15, 0.2) is 0 Å². The molecular formula is C38H51N3O6. The summed E-state index contributed by atoms with van der Waals surface area (Å²) >= 11 is 0. The molecular weight excluding hydrogens is 594 g/mol. The van der Waals surface area contributed by atoms with E-state index in [2.05, 4.69) is 43.9 Å². The smallest absolute Gasteiger partial charge is 0.239 e. The summed E-state index contributed by atoms with van der Waals surface area (Å²) in [6, 6.07) is 21.4. The summed E-state index contributed by atoms with van der Waals surface area (Å²) in [6.07, 6.45) is 1.21. The van der Waals surface area contributed by atoms with E-state index in [4.69, 9.17) is 24.7 Å². The van der Waals surface area contributed by atoms with Gasteiger partial charge < -0.3 is 39.6 Å². The lowest BCUT2D eigenvalue weighted by atomic mass is 9.84. The molecule has 1 amide bonds. The maximum atomic E-state index is 13.4. The number of nitrogens with two attached hydrogens (primary N) is 1. The van der Waals surface area contributed by atoms with Crippen LogP contribution in [0.25, 0.3) is 0 Å². The molecule has 0 spiro atoms. The number of aliphatic hydroxyl groups is 1. The van der Waals surface area contributed by atoms with Gasteiger partial charge >= 0.3 is 0 Å². The lowest BCUT2D eigenvalue weighted by Crippen LogP contribution is -2.57. The molecule has 2 aliphatic heterocycles. The Morgan fingerprint density at radius 2 is 1.72 bits per heavy atom. The number of fused-ring (bicyclic) bond motifs is 1.